The maximum absolute atomic E-state index is 11.5. The summed E-state index contributed by atoms with van der Waals surface area (Å²) in [6.07, 6.45) is 0.677. The first kappa shape index (κ1) is 16.0. The summed E-state index contributed by atoms with van der Waals surface area (Å²) < 4.78 is 10.2. The van der Waals surface area contributed by atoms with E-state index in [9.17, 15) is 9.59 Å². The van der Waals surface area contributed by atoms with Gasteiger partial charge in [0.15, 0.2) is 6.61 Å². The Morgan fingerprint density at radius 2 is 2.15 bits per heavy atom. The molecular weight excluding hydrogens is 262 g/mol. The molecule has 1 rings (SSSR count). The molecule has 110 valence electrons. The lowest BCUT2D eigenvalue weighted by Crippen LogP contribution is -2.30. The molecule has 0 aromatic heterocycles. The van der Waals surface area contributed by atoms with Gasteiger partial charge in [-0.1, -0.05) is 12.1 Å². The lowest BCUT2D eigenvalue weighted by Gasteiger charge is -2.08. The summed E-state index contributed by atoms with van der Waals surface area (Å²) in [4.78, 5) is 22.1. The number of nitrogens with one attached hydrogen (secondary N) is 1. The van der Waals surface area contributed by atoms with E-state index in [1.807, 2.05) is 0 Å². The Morgan fingerprint density at radius 1 is 1.35 bits per heavy atom. The van der Waals surface area contributed by atoms with Crippen LogP contribution in [0, 0.1) is 0 Å². The molecule has 0 unspecified atom stereocenters. The molecule has 0 fully saturated rings. The van der Waals surface area contributed by atoms with Gasteiger partial charge in [-0.3, -0.25) is 9.59 Å². The second-order valence-electron chi connectivity index (χ2n) is 4.20. The molecule has 1 aromatic rings. The topological polar surface area (TPSA) is 84.9 Å². The van der Waals surface area contributed by atoms with Crippen molar-refractivity contribution in [2.45, 2.75) is 12.8 Å². The molecule has 0 aliphatic heterocycles. The van der Waals surface area contributed by atoms with E-state index in [2.05, 4.69) is 5.32 Å². The number of carboxylic acid groups (broad SMARTS) is 1. The third-order valence-electron chi connectivity index (χ3n) is 2.47. The molecule has 0 spiro atoms. The van der Waals surface area contributed by atoms with E-state index >= 15 is 0 Å². The van der Waals surface area contributed by atoms with Crippen molar-refractivity contribution in [1.82, 2.24) is 5.32 Å². The van der Waals surface area contributed by atoms with Gasteiger partial charge in [0.2, 0.25) is 0 Å². The number of carbonyl (C=O) groups is 2. The van der Waals surface area contributed by atoms with Crippen LogP contribution in [0.5, 0.6) is 5.75 Å². The van der Waals surface area contributed by atoms with Crippen LogP contribution in [0.3, 0.4) is 0 Å². The van der Waals surface area contributed by atoms with Crippen molar-refractivity contribution in [2.75, 3.05) is 26.9 Å². The number of carboxylic acids is 1. The minimum absolute atomic E-state index is 0.0690. The molecule has 0 heterocycles. The summed E-state index contributed by atoms with van der Waals surface area (Å²) in [5.74, 6) is -0.640. The lowest BCUT2D eigenvalue weighted by atomic mass is 10.1. The zero-order valence-corrected chi connectivity index (χ0v) is 11.4. The molecule has 20 heavy (non-hydrogen) atoms. The van der Waals surface area contributed by atoms with Crippen molar-refractivity contribution in [3.63, 3.8) is 0 Å². The van der Waals surface area contributed by atoms with Crippen LogP contribution in [0.1, 0.15) is 12.0 Å². The highest BCUT2D eigenvalue weighted by Gasteiger charge is 2.04. The highest BCUT2D eigenvalue weighted by molar-refractivity contribution is 5.77. The first-order valence-electron chi connectivity index (χ1n) is 6.31. The molecule has 0 saturated carbocycles. The van der Waals surface area contributed by atoms with Crippen LogP contribution < -0.4 is 10.1 Å². The van der Waals surface area contributed by atoms with Crippen molar-refractivity contribution in [1.29, 1.82) is 0 Å². The van der Waals surface area contributed by atoms with E-state index in [0.717, 1.165) is 6.42 Å². The van der Waals surface area contributed by atoms with E-state index in [1.54, 1.807) is 31.4 Å². The quantitative estimate of drug-likeness (QED) is 0.655. The SMILES string of the molecule is COCCCNC(=O)COc1cccc(CC(=O)O)c1. The smallest absolute Gasteiger partial charge is 0.307 e. The molecule has 0 atom stereocenters. The Bertz CT molecular complexity index is 447. The Hall–Kier alpha value is -2.08. The maximum atomic E-state index is 11.5. The van der Waals surface area contributed by atoms with Gasteiger partial charge in [-0.2, -0.15) is 0 Å². The van der Waals surface area contributed by atoms with E-state index in [4.69, 9.17) is 14.6 Å². The minimum Gasteiger partial charge on any atom is -0.484 e. The standard InChI is InChI=1S/C14H19NO5/c1-19-7-3-6-15-13(16)10-20-12-5-2-4-11(8-12)9-14(17)18/h2,4-5,8H,3,6-7,9-10H2,1H3,(H,15,16)(H,17,18). The van der Waals surface area contributed by atoms with E-state index in [1.165, 1.54) is 0 Å². The number of aliphatic carboxylic acids is 1. The average Bonchev–Trinajstić information content (AvgIpc) is 2.41. The number of hydrogen-bond acceptors (Lipinski definition) is 4. The number of hydrogen-bond donors (Lipinski definition) is 2. The zero-order valence-electron chi connectivity index (χ0n) is 11.4. The Kier molecular flexibility index (Phi) is 7.13. The van der Waals surface area contributed by atoms with Gasteiger partial charge in [-0.05, 0) is 24.1 Å². The van der Waals surface area contributed by atoms with Gasteiger partial charge in [-0.25, -0.2) is 0 Å². The van der Waals surface area contributed by atoms with Crippen molar-refractivity contribution in [3.05, 3.63) is 29.8 Å². The Morgan fingerprint density at radius 3 is 2.85 bits per heavy atom. The van der Waals surface area contributed by atoms with Crippen LogP contribution in [0.25, 0.3) is 0 Å². The fraction of sp³-hybridized carbons (Fsp3) is 0.429. The van der Waals surface area contributed by atoms with Crippen LogP contribution in [-0.4, -0.2) is 43.9 Å². The predicted molar refractivity (Wildman–Crippen MR) is 72.8 cm³/mol. The third-order valence-corrected chi connectivity index (χ3v) is 2.47. The fourth-order valence-corrected chi connectivity index (χ4v) is 1.56. The van der Waals surface area contributed by atoms with Gasteiger partial charge in [0, 0.05) is 20.3 Å². The molecule has 0 bridgehead atoms. The van der Waals surface area contributed by atoms with Crippen molar-refractivity contribution in [3.8, 4) is 5.75 Å². The number of rotatable bonds is 9. The Labute approximate surface area is 117 Å². The van der Waals surface area contributed by atoms with Gasteiger partial charge in [0.25, 0.3) is 5.91 Å². The second-order valence-corrected chi connectivity index (χ2v) is 4.20. The summed E-state index contributed by atoms with van der Waals surface area (Å²) in [7, 11) is 1.61. The summed E-state index contributed by atoms with van der Waals surface area (Å²) in [5, 5.41) is 11.4. The van der Waals surface area contributed by atoms with Gasteiger partial charge >= 0.3 is 5.97 Å². The van der Waals surface area contributed by atoms with Crippen molar-refractivity contribution >= 4 is 11.9 Å². The molecule has 0 aliphatic carbocycles. The number of methoxy groups -OCH3 is 1. The molecular formula is C14H19NO5. The summed E-state index contributed by atoms with van der Waals surface area (Å²) >= 11 is 0. The zero-order chi connectivity index (χ0) is 14.8. The summed E-state index contributed by atoms with van der Waals surface area (Å²) in [6.45, 7) is 1.04. The molecule has 0 aliphatic rings. The van der Waals surface area contributed by atoms with Crippen LogP contribution >= 0.6 is 0 Å². The van der Waals surface area contributed by atoms with Crippen molar-refractivity contribution < 1.29 is 24.2 Å². The molecule has 6 nitrogen and oxygen atoms in total. The molecule has 1 aromatic carbocycles. The Balaban J connectivity index is 2.33. The van der Waals surface area contributed by atoms with Crippen molar-refractivity contribution in [2.24, 2.45) is 0 Å². The van der Waals surface area contributed by atoms with Crippen LogP contribution in [0.15, 0.2) is 24.3 Å². The maximum Gasteiger partial charge on any atom is 0.307 e. The molecule has 0 saturated heterocycles. The number of carbonyl (C=O) groups excluding carboxylic acids is 1. The normalized spacial score (nSPS) is 10.1. The molecule has 0 radical (unpaired) electrons. The molecule has 2 N–H and O–H groups in total. The van der Waals surface area contributed by atoms with Crippen LogP contribution in [-0.2, 0) is 20.7 Å². The largest absolute Gasteiger partial charge is 0.484 e. The van der Waals surface area contributed by atoms with E-state index in [-0.39, 0.29) is 18.9 Å². The predicted octanol–water partition coefficient (Wildman–Crippen LogP) is 0.845. The van der Waals surface area contributed by atoms with Gasteiger partial charge in [0.05, 0.1) is 6.42 Å². The highest BCUT2D eigenvalue weighted by atomic mass is 16.5. The van der Waals surface area contributed by atoms with E-state index < -0.39 is 5.97 Å². The first-order chi connectivity index (χ1) is 9.61. The van der Waals surface area contributed by atoms with Crippen LogP contribution in [0.2, 0.25) is 0 Å². The van der Waals surface area contributed by atoms with Crippen LogP contribution in [0.4, 0.5) is 0 Å². The lowest BCUT2D eigenvalue weighted by molar-refractivity contribution is -0.136. The molecule has 1 amide bonds. The molecule has 6 heteroatoms. The summed E-state index contributed by atoms with van der Waals surface area (Å²) in [5.41, 5.74) is 0.635. The van der Waals surface area contributed by atoms with E-state index in [0.29, 0.717) is 24.5 Å². The first-order valence-corrected chi connectivity index (χ1v) is 6.31. The second kappa shape index (κ2) is 8.92. The third kappa shape index (κ3) is 6.75. The minimum atomic E-state index is -0.905. The average molecular weight is 281 g/mol. The van der Waals surface area contributed by atoms with Gasteiger partial charge in [-0.15, -0.1) is 0 Å². The number of ether oxygens (including phenoxy) is 2. The summed E-state index contributed by atoms with van der Waals surface area (Å²) in [6, 6.07) is 6.70. The monoisotopic (exact) mass is 281 g/mol. The number of amides is 1. The van der Waals surface area contributed by atoms with Gasteiger partial charge < -0.3 is 19.9 Å². The number of benzene rings is 1. The highest BCUT2D eigenvalue weighted by Crippen LogP contribution is 2.13. The fourth-order valence-electron chi connectivity index (χ4n) is 1.56. The van der Waals surface area contributed by atoms with Gasteiger partial charge in [0.1, 0.15) is 5.75 Å².